The van der Waals surface area contributed by atoms with Crippen molar-refractivity contribution < 1.29 is 58.1 Å². The molecule has 1 fully saturated rings. The number of amides is 1. The Labute approximate surface area is 266 Å². The first-order valence-electron chi connectivity index (χ1n) is 14.2. The molecule has 0 saturated carbocycles. The zero-order valence-electron chi connectivity index (χ0n) is 25.8. The molecule has 3 rings (SSSR count). The van der Waals surface area contributed by atoms with Crippen LogP contribution in [0.3, 0.4) is 0 Å². The summed E-state index contributed by atoms with van der Waals surface area (Å²) in [5, 5.41) is 32.9. The summed E-state index contributed by atoms with van der Waals surface area (Å²) in [7, 11) is 2.59. The van der Waals surface area contributed by atoms with E-state index >= 15 is 0 Å². The molecular weight excluding hydrogens is 614 g/mol. The Balaban J connectivity index is 1.60. The highest BCUT2D eigenvalue weighted by Crippen LogP contribution is 2.35. The highest BCUT2D eigenvalue weighted by Gasteiger charge is 2.47. The van der Waals surface area contributed by atoms with Crippen LogP contribution in [0.2, 0.25) is 5.02 Å². The van der Waals surface area contributed by atoms with Crippen LogP contribution in [-0.2, 0) is 41.7 Å². The van der Waals surface area contributed by atoms with Crippen molar-refractivity contribution in [3.8, 4) is 11.5 Å². The zero-order valence-corrected chi connectivity index (χ0v) is 26.5. The second-order valence-corrected chi connectivity index (χ2v) is 11.7. The Hall–Kier alpha value is -3.46. The van der Waals surface area contributed by atoms with Gasteiger partial charge in [0.1, 0.15) is 47.6 Å². The second kappa shape index (κ2) is 16.2. The third-order valence-corrected chi connectivity index (χ3v) is 6.92. The molecule has 248 valence electrons. The highest BCUT2D eigenvalue weighted by atomic mass is 35.5. The average Bonchev–Trinajstić information content (AvgIpc) is 3.00. The van der Waals surface area contributed by atoms with E-state index in [0.29, 0.717) is 0 Å². The highest BCUT2D eigenvalue weighted by molar-refractivity contribution is 6.32. The Bertz CT molecular complexity index is 1330. The number of hydrogen-bond acceptors (Lipinski definition) is 12. The number of methoxy groups -OCH3 is 2. The quantitative estimate of drug-likeness (QED) is 0.232. The first-order valence-corrected chi connectivity index (χ1v) is 14.6. The lowest BCUT2D eigenvalue weighted by Gasteiger charge is -2.40. The minimum Gasteiger partial charge on any atom is -0.496 e. The van der Waals surface area contributed by atoms with Crippen molar-refractivity contribution in [1.82, 2.24) is 5.32 Å². The van der Waals surface area contributed by atoms with Crippen molar-refractivity contribution in [1.29, 1.82) is 0 Å². The standard InChI is InChI=1S/C31H40ClNO12/c1-31(2,3)45-25(36)10-9-24(35)33-14-17-7-6-8-18(11-17)16-42-22-13-21(40-4)19(12-20(22)32)29(39)44-28-27(38)26(37)23(15-34)43-30(28)41-5/h6-8,11-13,23,26-28,30,34,37-38H,9-10,14-16H2,1-5H3,(H,33,35)/t23-,26-,27+,28-,30+/m1/s1. The van der Waals surface area contributed by atoms with Crippen LogP contribution in [0.15, 0.2) is 36.4 Å². The van der Waals surface area contributed by atoms with E-state index in [9.17, 15) is 29.7 Å². The maximum Gasteiger partial charge on any atom is 0.342 e. The molecule has 14 heteroatoms. The van der Waals surface area contributed by atoms with Crippen LogP contribution in [0.5, 0.6) is 11.5 Å². The van der Waals surface area contributed by atoms with Gasteiger partial charge in [-0.15, -0.1) is 0 Å². The molecule has 0 aromatic heterocycles. The molecule has 0 unspecified atom stereocenters. The number of nitrogens with one attached hydrogen (secondary N) is 1. The van der Waals surface area contributed by atoms with Gasteiger partial charge in [0.25, 0.3) is 0 Å². The SMILES string of the molecule is COc1cc(OCc2cccc(CNC(=O)CCC(=O)OC(C)(C)C)c2)c(Cl)cc1C(=O)O[C@H]1[C@@H](OC)O[C@H](CO)[C@@H](O)[C@@H]1O. The number of esters is 2. The second-order valence-electron chi connectivity index (χ2n) is 11.3. The van der Waals surface area contributed by atoms with Gasteiger partial charge in [0.15, 0.2) is 12.4 Å². The minimum atomic E-state index is -1.60. The van der Waals surface area contributed by atoms with Gasteiger partial charge in [0.05, 0.1) is 25.2 Å². The Morgan fingerprint density at radius 2 is 1.71 bits per heavy atom. The van der Waals surface area contributed by atoms with Crippen LogP contribution in [0.25, 0.3) is 0 Å². The van der Waals surface area contributed by atoms with Crippen molar-refractivity contribution in [3.05, 3.63) is 58.1 Å². The van der Waals surface area contributed by atoms with E-state index in [1.54, 1.807) is 26.8 Å². The number of carbonyl (C=O) groups excluding carboxylic acids is 3. The van der Waals surface area contributed by atoms with Gasteiger partial charge in [-0.3, -0.25) is 9.59 Å². The molecule has 0 aliphatic carbocycles. The number of aliphatic hydroxyl groups is 3. The first-order chi connectivity index (χ1) is 21.3. The summed E-state index contributed by atoms with van der Waals surface area (Å²) in [6, 6.07) is 9.99. The smallest absolute Gasteiger partial charge is 0.342 e. The predicted octanol–water partition coefficient (Wildman–Crippen LogP) is 2.28. The summed E-state index contributed by atoms with van der Waals surface area (Å²) >= 11 is 6.42. The summed E-state index contributed by atoms with van der Waals surface area (Å²) in [5.74, 6) is -1.38. The van der Waals surface area contributed by atoms with E-state index in [1.165, 1.54) is 26.4 Å². The first kappa shape index (κ1) is 36.0. The van der Waals surface area contributed by atoms with Crippen molar-refractivity contribution >= 4 is 29.4 Å². The minimum absolute atomic E-state index is 0.00962. The normalized spacial score (nSPS) is 21.5. The third-order valence-electron chi connectivity index (χ3n) is 6.63. The van der Waals surface area contributed by atoms with Gasteiger partial charge in [0.2, 0.25) is 5.91 Å². The molecule has 0 spiro atoms. The topological polar surface area (TPSA) is 179 Å². The summed E-state index contributed by atoms with van der Waals surface area (Å²) in [5.41, 5.74) is 0.882. The van der Waals surface area contributed by atoms with Crippen molar-refractivity contribution in [2.45, 2.75) is 83.1 Å². The predicted molar refractivity (Wildman–Crippen MR) is 160 cm³/mol. The lowest BCUT2D eigenvalue weighted by Crippen LogP contribution is -2.60. The van der Waals surface area contributed by atoms with E-state index in [0.717, 1.165) is 11.1 Å². The van der Waals surface area contributed by atoms with Gasteiger partial charge in [-0.1, -0.05) is 35.9 Å². The molecule has 1 aliphatic rings. The molecule has 45 heavy (non-hydrogen) atoms. The summed E-state index contributed by atoms with van der Waals surface area (Å²) in [6.45, 7) is 5.05. The van der Waals surface area contributed by atoms with Crippen LogP contribution < -0.4 is 14.8 Å². The van der Waals surface area contributed by atoms with Gasteiger partial charge >= 0.3 is 11.9 Å². The van der Waals surface area contributed by atoms with Crippen molar-refractivity contribution in [2.75, 3.05) is 20.8 Å². The Morgan fingerprint density at radius 1 is 1.00 bits per heavy atom. The number of benzene rings is 2. The zero-order chi connectivity index (χ0) is 33.3. The fourth-order valence-electron chi connectivity index (χ4n) is 4.42. The number of halogens is 1. The third kappa shape index (κ3) is 10.3. The van der Waals surface area contributed by atoms with Crippen LogP contribution in [0.4, 0.5) is 0 Å². The fraction of sp³-hybridized carbons (Fsp3) is 0.516. The van der Waals surface area contributed by atoms with Crippen molar-refractivity contribution in [2.24, 2.45) is 0 Å². The lowest BCUT2D eigenvalue weighted by atomic mass is 9.99. The van der Waals surface area contributed by atoms with Gasteiger partial charge in [-0.2, -0.15) is 0 Å². The number of rotatable bonds is 13. The summed E-state index contributed by atoms with van der Waals surface area (Å²) < 4.78 is 32.4. The van der Waals surface area contributed by atoms with Crippen LogP contribution in [-0.4, -0.2) is 90.3 Å². The van der Waals surface area contributed by atoms with Gasteiger partial charge in [-0.05, 0) is 38.0 Å². The number of hydrogen-bond donors (Lipinski definition) is 4. The van der Waals surface area contributed by atoms with E-state index < -0.39 is 54.9 Å². The van der Waals surface area contributed by atoms with E-state index in [-0.39, 0.29) is 54.0 Å². The van der Waals surface area contributed by atoms with Crippen LogP contribution >= 0.6 is 11.6 Å². The monoisotopic (exact) mass is 653 g/mol. The number of ether oxygens (including phenoxy) is 6. The maximum absolute atomic E-state index is 13.1. The van der Waals surface area contributed by atoms with Gasteiger partial charge in [-0.25, -0.2) is 4.79 Å². The molecule has 2 aromatic carbocycles. The Kier molecular flexibility index (Phi) is 13.0. The average molecular weight is 654 g/mol. The van der Waals surface area contributed by atoms with Gasteiger partial charge in [0, 0.05) is 26.1 Å². The molecular formula is C31H40ClNO12. The molecule has 2 aromatic rings. The largest absolute Gasteiger partial charge is 0.496 e. The number of aliphatic hydroxyl groups excluding tert-OH is 3. The van der Waals surface area contributed by atoms with Crippen LogP contribution in [0, 0.1) is 0 Å². The van der Waals surface area contributed by atoms with E-state index in [2.05, 4.69) is 5.32 Å². The van der Waals surface area contributed by atoms with Crippen molar-refractivity contribution in [3.63, 3.8) is 0 Å². The maximum atomic E-state index is 13.1. The lowest BCUT2D eigenvalue weighted by molar-refractivity contribution is -0.293. The molecule has 0 bridgehead atoms. The molecule has 5 atom stereocenters. The summed E-state index contributed by atoms with van der Waals surface area (Å²) in [4.78, 5) is 37.1. The van der Waals surface area contributed by atoms with E-state index in [4.69, 9.17) is 40.0 Å². The molecule has 13 nitrogen and oxygen atoms in total. The molecule has 1 heterocycles. The molecule has 0 radical (unpaired) electrons. The Morgan fingerprint density at radius 3 is 2.36 bits per heavy atom. The molecule has 1 aliphatic heterocycles. The van der Waals surface area contributed by atoms with Gasteiger partial charge < -0.3 is 49.1 Å². The summed E-state index contributed by atoms with van der Waals surface area (Å²) in [6.07, 6.45) is -6.94. The fourth-order valence-corrected chi connectivity index (χ4v) is 4.64. The molecule has 1 amide bonds. The molecule has 1 saturated heterocycles. The number of carbonyl (C=O) groups is 3. The van der Waals surface area contributed by atoms with E-state index in [1.807, 2.05) is 18.2 Å². The molecule has 4 N–H and O–H groups in total. The van der Waals surface area contributed by atoms with Crippen LogP contribution in [0.1, 0.15) is 55.1 Å².